The van der Waals surface area contributed by atoms with E-state index in [0.717, 1.165) is 23.7 Å². The molecule has 0 radical (unpaired) electrons. The van der Waals surface area contributed by atoms with E-state index in [-0.39, 0.29) is 6.10 Å². The smallest absolute Gasteiger partial charge is 0.0685 e. The molecule has 0 aromatic carbocycles. The third-order valence-corrected chi connectivity index (χ3v) is 3.60. The van der Waals surface area contributed by atoms with Gasteiger partial charge < -0.3 is 5.11 Å². The third kappa shape index (κ3) is 4.18. The molecule has 0 saturated carbocycles. The average molecular weight is 242 g/mol. The maximum Gasteiger partial charge on any atom is 0.0685 e. The fourth-order valence-electron chi connectivity index (χ4n) is 1.64. The molecule has 0 saturated heterocycles. The van der Waals surface area contributed by atoms with Crippen LogP contribution in [0.1, 0.15) is 32.2 Å². The Morgan fingerprint density at radius 1 is 1.50 bits per heavy atom. The maximum atomic E-state index is 9.92. The molecule has 1 heterocycles. The van der Waals surface area contributed by atoms with E-state index in [9.17, 15) is 5.11 Å². The first-order valence-corrected chi connectivity index (χ1v) is 6.90. The van der Waals surface area contributed by atoms with E-state index < -0.39 is 0 Å². The second-order valence-corrected chi connectivity index (χ2v) is 5.94. The topological polar surface area (TPSA) is 38.0 Å². The van der Waals surface area contributed by atoms with Crippen molar-refractivity contribution in [3.8, 4) is 0 Å². The highest BCUT2D eigenvalue weighted by molar-refractivity contribution is 7.99. The van der Waals surface area contributed by atoms with Gasteiger partial charge in [-0.05, 0) is 25.2 Å². The minimum Gasteiger partial charge on any atom is -0.392 e. The van der Waals surface area contributed by atoms with Gasteiger partial charge in [0.2, 0.25) is 0 Å². The molecule has 0 amide bonds. The Morgan fingerprint density at radius 3 is 2.75 bits per heavy atom. The number of hydrogen-bond donors (Lipinski definition) is 1. The molecule has 0 spiro atoms. The number of hydrogen-bond acceptors (Lipinski definition) is 3. The number of rotatable bonds is 6. The highest BCUT2D eigenvalue weighted by atomic mass is 32.2. The zero-order valence-corrected chi connectivity index (χ0v) is 11.4. The van der Waals surface area contributed by atoms with Crippen LogP contribution in [0.5, 0.6) is 0 Å². The van der Waals surface area contributed by atoms with Crippen molar-refractivity contribution in [2.24, 2.45) is 0 Å². The monoisotopic (exact) mass is 242 g/mol. The van der Waals surface area contributed by atoms with Gasteiger partial charge in [-0.25, -0.2) is 0 Å². The molecule has 1 atom stereocenters. The van der Waals surface area contributed by atoms with E-state index >= 15 is 0 Å². The van der Waals surface area contributed by atoms with Gasteiger partial charge in [0.25, 0.3) is 0 Å². The molecule has 0 aliphatic heterocycles. The van der Waals surface area contributed by atoms with Crippen LogP contribution < -0.4 is 0 Å². The number of aromatic nitrogens is 2. The summed E-state index contributed by atoms with van der Waals surface area (Å²) in [6.45, 7) is 9.24. The third-order valence-electron chi connectivity index (χ3n) is 2.35. The van der Waals surface area contributed by atoms with Crippen molar-refractivity contribution in [3.63, 3.8) is 0 Å². The lowest BCUT2D eigenvalue weighted by Gasteiger charge is -2.12. The van der Waals surface area contributed by atoms with Gasteiger partial charge in [0.1, 0.15) is 0 Å². The van der Waals surface area contributed by atoms with Gasteiger partial charge in [-0.1, -0.05) is 13.8 Å². The Balaban J connectivity index is 2.51. The molecular formula is C12H22N2OS. The SMILES string of the molecule is CCn1nc(C)cc1CC(O)CSC(C)C. The van der Waals surface area contributed by atoms with Crippen LogP contribution in [0.2, 0.25) is 0 Å². The van der Waals surface area contributed by atoms with Crippen molar-refractivity contribution in [3.05, 3.63) is 17.5 Å². The van der Waals surface area contributed by atoms with Crippen LogP contribution in [0.15, 0.2) is 6.07 Å². The van der Waals surface area contributed by atoms with E-state index in [0.29, 0.717) is 11.7 Å². The van der Waals surface area contributed by atoms with Crippen molar-refractivity contribution >= 4 is 11.8 Å². The molecule has 0 bridgehead atoms. The summed E-state index contributed by atoms with van der Waals surface area (Å²) < 4.78 is 1.97. The molecule has 16 heavy (non-hydrogen) atoms. The number of nitrogens with zero attached hydrogens (tertiary/aromatic N) is 2. The second-order valence-electron chi connectivity index (χ2n) is 4.33. The predicted octanol–water partition coefficient (Wildman–Crippen LogP) is 2.26. The number of aliphatic hydroxyl groups is 1. The highest BCUT2D eigenvalue weighted by Crippen LogP contribution is 2.14. The zero-order valence-electron chi connectivity index (χ0n) is 10.6. The molecule has 1 unspecified atom stereocenters. The minimum absolute atomic E-state index is 0.270. The Kier molecular flexibility index (Phi) is 5.35. The zero-order chi connectivity index (χ0) is 12.1. The van der Waals surface area contributed by atoms with E-state index in [1.165, 1.54) is 0 Å². The summed E-state index contributed by atoms with van der Waals surface area (Å²) in [6.07, 6.45) is 0.433. The molecule has 0 fully saturated rings. The van der Waals surface area contributed by atoms with E-state index in [4.69, 9.17) is 0 Å². The van der Waals surface area contributed by atoms with Gasteiger partial charge in [0, 0.05) is 24.4 Å². The summed E-state index contributed by atoms with van der Waals surface area (Å²) in [7, 11) is 0. The van der Waals surface area contributed by atoms with Crippen LogP contribution >= 0.6 is 11.8 Å². The van der Waals surface area contributed by atoms with Gasteiger partial charge in [0.15, 0.2) is 0 Å². The lowest BCUT2D eigenvalue weighted by atomic mass is 10.2. The molecule has 0 aliphatic rings. The Bertz CT molecular complexity index is 323. The Hall–Kier alpha value is -0.480. The largest absolute Gasteiger partial charge is 0.392 e. The first kappa shape index (κ1) is 13.6. The van der Waals surface area contributed by atoms with Crippen LogP contribution in [0.25, 0.3) is 0 Å². The van der Waals surface area contributed by atoms with E-state index in [1.807, 2.05) is 11.6 Å². The quantitative estimate of drug-likeness (QED) is 0.831. The average Bonchev–Trinajstić information content (AvgIpc) is 2.55. The summed E-state index contributed by atoms with van der Waals surface area (Å²) in [6, 6.07) is 2.06. The first-order valence-electron chi connectivity index (χ1n) is 5.86. The summed E-state index contributed by atoms with van der Waals surface area (Å²) >= 11 is 1.80. The molecule has 92 valence electrons. The molecule has 1 aromatic rings. The van der Waals surface area contributed by atoms with Gasteiger partial charge in [-0.15, -0.1) is 0 Å². The number of aryl methyl sites for hydroxylation is 2. The minimum atomic E-state index is -0.270. The van der Waals surface area contributed by atoms with Crippen molar-refractivity contribution in [2.45, 2.75) is 52.0 Å². The van der Waals surface area contributed by atoms with Crippen LogP contribution in [0.4, 0.5) is 0 Å². The van der Waals surface area contributed by atoms with E-state index in [1.54, 1.807) is 11.8 Å². The number of aliphatic hydroxyl groups excluding tert-OH is 1. The van der Waals surface area contributed by atoms with Gasteiger partial charge in [-0.3, -0.25) is 4.68 Å². The molecule has 1 N–H and O–H groups in total. The van der Waals surface area contributed by atoms with Crippen LogP contribution in [-0.4, -0.2) is 32.0 Å². The lowest BCUT2D eigenvalue weighted by molar-refractivity contribution is 0.197. The fourth-order valence-corrected chi connectivity index (χ4v) is 2.37. The van der Waals surface area contributed by atoms with Crippen LogP contribution in [0, 0.1) is 6.92 Å². The molecule has 0 aliphatic carbocycles. The normalized spacial score (nSPS) is 13.4. The van der Waals surface area contributed by atoms with Crippen molar-refractivity contribution in [1.29, 1.82) is 0 Å². The first-order chi connectivity index (χ1) is 7.52. The summed E-state index contributed by atoms with van der Waals surface area (Å²) in [4.78, 5) is 0. The summed E-state index contributed by atoms with van der Waals surface area (Å²) in [5.74, 6) is 0.797. The predicted molar refractivity (Wildman–Crippen MR) is 69.9 cm³/mol. The maximum absolute atomic E-state index is 9.92. The van der Waals surface area contributed by atoms with E-state index in [2.05, 4.69) is 31.9 Å². The second kappa shape index (κ2) is 6.30. The van der Waals surface area contributed by atoms with Crippen LogP contribution in [-0.2, 0) is 13.0 Å². The van der Waals surface area contributed by atoms with Crippen molar-refractivity contribution < 1.29 is 5.11 Å². The molecule has 1 aromatic heterocycles. The number of thioether (sulfide) groups is 1. The fraction of sp³-hybridized carbons (Fsp3) is 0.750. The Labute approximate surface area is 102 Å². The van der Waals surface area contributed by atoms with Crippen LogP contribution in [0.3, 0.4) is 0 Å². The summed E-state index contributed by atoms with van der Waals surface area (Å²) in [5.41, 5.74) is 2.16. The molecule has 4 heteroatoms. The highest BCUT2D eigenvalue weighted by Gasteiger charge is 2.11. The van der Waals surface area contributed by atoms with Gasteiger partial charge >= 0.3 is 0 Å². The van der Waals surface area contributed by atoms with Crippen molar-refractivity contribution in [2.75, 3.05) is 5.75 Å². The molecular weight excluding hydrogens is 220 g/mol. The standard InChI is InChI=1S/C12H22N2OS/c1-5-14-11(6-10(4)13-14)7-12(15)8-16-9(2)3/h6,9,12,15H,5,7-8H2,1-4H3. The molecule has 1 rings (SSSR count). The Morgan fingerprint density at radius 2 is 2.19 bits per heavy atom. The van der Waals surface area contributed by atoms with Gasteiger partial charge in [-0.2, -0.15) is 16.9 Å². The summed E-state index contributed by atoms with van der Waals surface area (Å²) in [5, 5.41) is 14.9. The van der Waals surface area contributed by atoms with Gasteiger partial charge in [0.05, 0.1) is 11.8 Å². The van der Waals surface area contributed by atoms with Crippen molar-refractivity contribution in [1.82, 2.24) is 9.78 Å². The lowest BCUT2D eigenvalue weighted by Crippen LogP contribution is -2.17. The molecule has 3 nitrogen and oxygen atoms in total.